The second kappa shape index (κ2) is 9.41. The van der Waals surface area contributed by atoms with Gasteiger partial charge in [0.05, 0.1) is 14.2 Å². The van der Waals surface area contributed by atoms with Gasteiger partial charge in [-0.05, 0) is 41.9 Å². The number of methoxy groups -OCH3 is 2. The van der Waals surface area contributed by atoms with Crippen LogP contribution in [0.15, 0.2) is 4.90 Å². The molecule has 0 radical (unpaired) electrons. The lowest BCUT2D eigenvalue weighted by molar-refractivity contribution is 0.0751. The highest BCUT2D eigenvalue weighted by atomic mass is 32.2. The summed E-state index contributed by atoms with van der Waals surface area (Å²) in [4.78, 5) is -0.466. The molecule has 7 heteroatoms. The van der Waals surface area contributed by atoms with Crippen molar-refractivity contribution in [3.63, 3.8) is 0 Å². The summed E-state index contributed by atoms with van der Waals surface area (Å²) in [6.45, 7) is 21.1. The number of hydrogen-bond donors (Lipinski definition) is 2. The molecule has 0 aromatic heterocycles. The molecule has 0 amide bonds. The van der Waals surface area contributed by atoms with E-state index in [1.54, 1.807) is 0 Å². The Morgan fingerprint density at radius 3 is 1.72 bits per heavy atom. The fourth-order valence-corrected chi connectivity index (χ4v) is 7.15. The molecule has 186 valence electrons. The number of aromatic hydroxyl groups is 1. The molecule has 0 spiro atoms. The topological polar surface area (TPSA) is 93.1 Å². The summed E-state index contributed by atoms with van der Waals surface area (Å²) in [5.41, 5.74) is 0.0288. The maximum Gasteiger partial charge on any atom is 0.298 e. The fraction of sp³-hybridized carbons (Fsp3) is 0.760. The van der Waals surface area contributed by atoms with Crippen molar-refractivity contribution in [3.05, 3.63) is 11.1 Å². The molecule has 0 heterocycles. The van der Waals surface area contributed by atoms with Crippen molar-refractivity contribution in [2.24, 2.45) is 22.2 Å². The molecule has 0 aliphatic rings. The van der Waals surface area contributed by atoms with Gasteiger partial charge in [-0.2, -0.15) is 8.42 Å². The van der Waals surface area contributed by atoms with Gasteiger partial charge in [-0.3, -0.25) is 4.55 Å². The molecule has 1 atom stereocenters. The lowest BCUT2D eigenvalue weighted by Gasteiger charge is -2.49. The Morgan fingerprint density at radius 1 is 0.906 bits per heavy atom. The van der Waals surface area contributed by atoms with Crippen LogP contribution in [-0.4, -0.2) is 32.3 Å². The van der Waals surface area contributed by atoms with Crippen LogP contribution >= 0.6 is 0 Å². The van der Waals surface area contributed by atoms with E-state index in [0.717, 1.165) is 12.8 Å². The Bertz CT molecular complexity index is 921. The Balaban J connectivity index is 4.18. The minimum Gasteiger partial charge on any atom is -0.507 e. The number of rotatable bonds is 9. The molecule has 0 bridgehead atoms. The number of phenolic OH excluding ortho intramolecular Hbond substituents is 1. The van der Waals surface area contributed by atoms with Gasteiger partial charge in [0, 0.05) is 17.0 Å². The van der Waals surface area contributed by atoms with Crippen molar-refractivity contribution in [1.29, 1.82) is 0 Å². The van der Waals surface area contributed by atoms with E-state index in [0.29, 0.717) is 11.5 Å². The number of ether oxygens (including phenoxy) is 2. The van der Waals surface area contributed by atoms with Gasteiger partial charge in [0.15, 0.2) is 11.5 Å². The summed E-state index contributed by atoms with van der Waals surface area (Å²) in [6, 6.07) is 0. The van der Waals surface area contributed by atoms with E-state index < -0.39 is 15.0 Å². The predicted octanol–water partition coefficient (Wildman–Crippen LogP) is 6.58. The van der Waals surface area contributed by atoms with Crippen LogP contribution in [0.25, 0.3) is 0 Å². The van der Waals surface area contributed by atoms with Crippen molar-refractivity contribution < 1.29 is 27.6 Å². The first-order chi connectivity index (χ1) is 14.2. The summed E-state index contributed by atoms with van der Waals surface area (Å²) in [6.07, 6.45) is 1.74. The van der Waals surface area contributed by atoms with E-state index in [2.05, 4.69) is 62.3 Å². The quantitative estimate of drug-likeness (QED) is 0.394. The summed E-state index contributed by atoms with van der Waals surface area (Å²) in [5.74, 6) is 0.0871. The summed E-state index contributed by atoms with van der Waals surface area (Å²) < 4.78 is 45.4. The van der Waals surface area contributed by atoms with Crippen LogP contribution < -0.4 is 9.47 Å². The number of phenols is 1. The van der Waals surface area contributed by atoms with Gasteiger partial charge in [-0.25, -0.2) is 0 Å². The molecule has 32 heavy (non-hydrogen) atoms. The molecule has 1 aromatic carbocycles. The first kappa shape index (κ1) is 28.6. The van der Waals surface area contributed by atoms with Gasteiger partial charge in [0.25, 0.3) is 10.1 Å². The first-order valence-corrected chi connectivity index (χ1v) is 12.6. The van der Waals surface area contributed by atoms with Crippen molar-refractivity contribution in [2.75, 3.05) is 14.2 Å². The second-order valence-electron chi connectivity index (χ2n) is 12.0. The van der Waals surface area contributed by atoms with Crippen LogP contribution in [0.2, 0.25) is 0 Å². The lowest BCUT2D eigenvalue weighted by Crippen LogP contribution is -2.38. The van der Waals surface area contributed by atoms with E-state index in [9.17, 15) is 18.1 Å². The zero-order valence-electron chi connectivity index (χ0n) is 22.0. The van der Waals surface area contributed by atoms with E-state index in [4.69, 9.17) is 9.47 Å². The maximum atomic E-state index is 12.2. The van der Waals surface area contributed by atoms with E-state index in [-0.39, 0.29) is 45.0 Å². The highest BCUT2D eigenvalue weighted by Gasteiger charge is 2.47. The molecule has 0 aliphatic carbocycles. The predicted molar refractivity (Wildman–Crippen MR) is 130 cm³/mol. The molecule has 0 saturated carbocycles. The summed E-state index contributed by atoms with van der Waals surface area (Å²) in [7, 11) is -1.90. The fourth-order valence-electron chi connectivity index (χ4n) is 6.26. The Morgan fingerprint density at radius 2 is 1.38 bits per heavy atom. The highest BCUT2D eigenvalue weighted by molar-refractivity contribution is 7.86. The molecular weight excluding hydrogens is 428 g/mol. The third-order valence-electron chi connectivity index (χ3n) is 6.05. The van der Waals surface area contributed by atoms with E-state index >= 15 is 0 Å². The molecule has 0 fully saturated rings. The van der Waals surface area contributed by atoms with Gasteiger partial charge < -0.3 is 14.6 Å². The summed E-state index contributed by atoms with van der Waals surface area (Å²) in [5, 5.41) is 11.4. The van der Waals surface area contributed by atoms with Crippen LogP contribution in [0.1, 0.15) is 92.2 Å². The monoisotopic (exact) mass is 472 g/mol. The second-order valence-corrected chi connectivity index (χ2v) is 13.4. The zero-order valence-corrected chi connectivity index (χ0v) is 22.8. The molecule has 1 unspecified atom stereocenters. The smallest absolute Gasteiger partial charge is 0.298 e. The zero-order chi connectivity index (χ0) is 25.4. The van der Waals surface area contributed by atoms with Gasteiger partial charge in [-0.15, -0.1) is 0 Å². The molecule has 1 aromatic rings. The van der Waals surface area contributed by atoms with Gasteiger partial charge >= 0.3 is 0 Å². The average Bonchev–Trinajstić information content (AvgIpc) is 2.53. The van der Waals surface area contributed by atoms with E-state index in [1.165, 1.54) is 21.1 Å². The Hall–Kier alpha value is -1.47. The van der Waals surface area contributed by atoms with Crippen LogP contribution in [0.5, 0.6) is 17.2 Å². The van der Waals surface area contributed by atoms with Crippen molar-refractivity contribution in [1.82, 2.24) is 0 Å². The van der Waals surface area contributed by atoms with E-state index in [1.807, 2.05) is 0 Å². The Kier molecular flexibility index (Phi) is 8.40. The van der Waals surface area contributed by atoms with Crippen LogP contribution in [0.4, 0.5) is 0 Å². The minimum atomic E-state index is -4.66. The van der Waals surface area contributed by atoms with Crippen molar-refractivity contribution in [2.45, 2.75) is 92.9 Å². The van der Waals surface area contributed by atoms with Crippen molar-refractivity contribution >= 4 is 10.1 Å². The largest absolute Gasteiger partial charge is 0.507 e. The minimum absolute atomic E-state index is 0.0199. The first-order valence-electron chi connectivity index (χ1n) is 11.2. The van der Waals surface area contributed by atoms with Crippen LogP contribution in [-0.2, 0) is 10.1 Å². The third-order valence-corrected chi connectivity index (χ3v) is 7.05. The number of benzene rings is 1. The number of hydrogen-bond acceptors (Lipinski definition) is 5. The molecule has 0 saturated heterocycles. The normalized spacial score (nSPS) is 14.6. The third kappa shape index (κ3) is 6.10. The van der Waals surface area contributed by atoms with Crippen LogP contribution in [0.3, 0.4) is 0 Å². The SMILES string of the molecule is COc1c(OC)c(S(=O)(=O)O)c(C)c(O)c1C(C(C)(C)CC(C)C)C(C)(C)CC(C)(C)C. The van der Waals surface area contributed by atoms with Gasteiger partial charge in [-0.1, -0.05) is 62.3 Å². The molecule has 0 aliphatic heterocycles. The van der Waals surface area contributed by atoms with Gasteiger partial charge in [0.1, 0.15) is 10.6 Å². The van der Waals surface area contributed by atoms with Crippen molar-refractivity contribution in [3.8, 4) is 17.2 Å². The van der Waals surface area contributed by atoms with Crippen LogP contribution in [0, 0.1) is 29.1 Å². The standard InChI is InChI=1S/C25H44O6S/c1-15(2)13-24(7,8)22(25(9,10)14-23(4,5)6)17-18(26)16(3)21(32(27,28)29)20(31-12)19(17)30-11/h15,22,26H,13-14H2,1-12H3,(H,27,28,29). The molecule has 6 nitrogen and oxygen atoms in total. The molecule has 2 N–H and O–H groups in total. The average molecular weight is 473 g/mol. The van der Waals surface area contributed by atoms with Gasteiger partial charge in [0.2, 0.25) is 0 Å². The molecule has 1 rings (SSSR count). The lowest BCUT2D eigenvalue weighted by atomic mass is 9.56. The summed E-state index contributed by atoms with van der Waals surface area (Å²) >= 11 is 0. The highest BCUT2D eigenvalue weighted by Crippen LogP contribution is 2.61. The molecular formula is C25H44O6S. The maximum absolute atomic E-state index is 12.2. The Labute approximate surface area is 195 Å².